The van der Waals surface area contributed by atoms with Crippen molar-refractivity contribution in [2.75, 3.05) is 13.1 Å². The monoisotopic (exact) mass is 310 g/mol. The average molecular weight is 311 g/mol. The van der Waals surface area contributed by atoms with Crippen molar-refractivity contribution in [3.05, 3.63) is 35.4 Å². The molecule has 1 saturated heterocycles. The molecule has 1 aromatic rings. The fraction of sp³-hybridized carbons (Fsp3) is 0.562. The maximum absolute atomic E-state index is 12.7. The Morgan fingerprint density at radius 2 is 1.81 bits per heavy atom. The maximum Gasteiger partial charge on any atom is 0.240 e. The minimum Gasteiger partial charge on any atom is -0.372 e. The molecular weight excluding hydrogens is 288 g/mol. The molecule has 2 heterocycles. The van der Waals surface area contributed by atoms with Gasteiger partial charge in [-0.2, -0.15) is 0 Å². The first-order valence-corrected chi connectivity index (χ1v) is 7.38. The summed E-state index contributed by atoms with van der Waals surface area (Å²) in [4.78, 5) is 14.6. The van der Waals surface area contributed by atoms with Gasteiger partial charge in [-0.1, -0.05) is 24.3 Å². The Morgan fingerprint density at radius 1 is 1.19 bits per heavy atom. The molecule has 0 spiro atoms. The van der Waals surface area contributed by atoms with E-state index in [0.717, 1.165) is 13.0 Å². The molecule has 0 aliphatic carbocycles. The highest BCUT2D eigenvalue weighted by atomic mass is 35.5. The minimum absolute atomic E-state index is 0. The van der Waals surface area contributed by atoms with Crippen LogP contribution in [0.3, 0.4) is 0 Å². The van der Waals surface area contributed by atoms with E-state index in [9.17, 15) is 4.79 Å². The maximum atomic E-state index is 12.7. The molecule has 1 aromatic carbocycles. The first-order chi connectivity index (χ1) is 9.63. The number of hydrogen-bond donors (Lipinski definition) is 1. The number of hydrogen-bond acceptors (Lipinski definition) is 3. The van der Waals surface area contributed by atoms with E-state index in [1.54, 1.807) is 0 Å². The number of amides is 1. The second-order valence-electron chi connectivity index (χ2n) is 5.91. The molecule has 116 valence electrons. The van der Waals surface area contributed by atoms with Crippen LogP contribution in [0.25, 0.3) is 0 Å². The van der Waals surface area contributed by atoms with Crippen molar-refractivity contribution in [1.29, 1.82) is 0 Å². The van der Waals surface area contributed by atoms with Crippen molar-refractivity contribution in [2.45, 2.75) is 45.1 Å². The van der Waals surface area contributed by atoms with E-state index in [1.807, 2.05) is 30.9 Å². The van der Waals surface area contributed by atoms with Crippen molar-refractivity contribution in [3.63, 3.8) is 0 Å². The summed E-state index contributed by atoms with van der Waals surface area (Å²) >= 11 is 0. The van der Waals surface area contributed by atoms with Gasteiger partial charge in [-0.3, -0.25) is 4.79 Å². The zero-order valence-corrected chi connectivity index (χ0v) is 13.4. The van der Waals surface area contributed by atoms with E-state index in [4.69, 9.17) is 4.74 Å². The summed E-state index contributed by atoms with van der Waals surface area (Å²) in [6, 6.07) is 8.25. The predicted octanol–water partition coefficient (Wildman–Crippen LogP) is 1.76. The average Bonchev–Trinajstić information content (AvgIpc) is 2.45. The summed E-state index contributed by atoms with van der Waals surface area (Å²) in [5, 5.41) is 3.37. The highest BCUT2D eigenvalue weighted by Gasteiger charge is 2.32. The van der Waals surface area contributed by atoms with Gasteiger partial charge in [0.1, 0.15) is 0 Å². The molecule has 5 heteroatoms. The number of ether oxygens (including phenoxy) is 1. The van der Waals surface area contributed by atoms with Crippen LogP contribution in [0.5, 0.6) is 0 Å². The molecule has 0 saturated carbocycles. The first kappa shape index (κ1) is 16.3. The van der Waals surface area contributed by atoms with Gasteiger partial charge in [0.05, 0.1) is 18.2 Å². The zero-order chi connectivity index (χ0) is 14.1. The molecule has 0 bridgehead atoms. The number of nitrogens with one attached hydrogen (secondary N) is 1. The summed E-state index contributed by atoms with van der Waals surface area (Å²) in [6.45, 7) is 6.23. The molecule has 2 aliphatic heterocycles. The van der Waals surface area contributed by atoms with Crippen molar-refractivity contribution < 1.29 is 9.53 Å². The van der Waals surface area contributed by atoms with Crippen molar-refractivity contribution >= 4 is 18.3 Å². The van der Waals surface area contributed by atoms with Crippen LogP contribution in [0.4, 0.5) is 0 Å². The van der Waals surface area contributed by atoms with Crippen molar-refractivity contribution in [2.24, 2.45) is 0 Å². The standard InChI is InChI=1S/C16H22N2O2.ClH/c1-11-9-18(10-12(2)20-11)16(19)15-7-13-5-3-4-6-14(13)8-17-15;/h3-6,11-12,15,17H,7-10H2,1-2H3;1H. The normalized spacial score (nSPS) is 28.5. The van der Waals surface area contributed by atoms with Crippen LogP contribution >= 0.6 is 12.4 Å². The Kier molecular flexibility index (Phi) is 5.25. The molecule has 2 aliphatic rings. The molecule has 0 aromatic heterocycles. The number of halogens is 1. The van der Waals surface area contributed by atoms with Crippen LogP contribution in [0.1, 0.15) is 25.0 Å². The third kappa shape index (κ3) is 3.57. The Balaban J connectivity index is 0.00000161. The highest BCUT2D eigenvalue weighted by Crippen LogP contribution is 2.19. The van der Waals surface area contributed by atoms with Gasteiger partial charge in [-0.25, -0.2) is 0 Å². The van der Waals surface area contributed by atoms with E-state index in [2.05, 4.69) is 17.4 Å². The number of rotatable bonds is 1. The minimum atomic E-state index is -0.0950. The summed E-state index contributed by atoms with van der Waals surface area (Å²) in [5.41, 5.74) is 2.60. The Bertz CT molecular complexity index is 499. The molecule has 21 heavy (non-hydrogen) atoms. The van der Waals surface area contributed by atoms with E-state index in [0.29, 0.717) is 13.1 Å². The molecule has 3 unspecified atom stereocenters. The van der Waals surface area contributed by atoms with E-state index in [-0.39, 0.29) is 36.6 Å². The van der Waals surface area contributed by atoms with Crippen LogP contribution in [0.2, 0.25) is 0 Å². The summed E-state index contributed by atoms with van der Waals surface area (Å²) in [5.74, 6) is 0.210. The zero-order valence-electron chi connectivity index (χ0n) is 12.5. The molecular formula is C16H23ClN2O2. The molecule has 3 atom stereocenters. The lowest BCUT2D eigenvalue weighted by atomic mass is 9.95. The quantitative estimate of drug-likeness (QED) is 0.859. The highest BCUT2D eigenvalue weighted by molar-refractivity contribution is 5.85. The summed E-state index contributed by atoms with van der Waals surface area (Å²) in [7, 11) is 0. The summed E-state index contributed by atoms with van der Waals surface area (Å²) in [6.07, 6.45) is 1.03. The van der Waals surface area contributed by atoms with Crippen LogP contribution in [0.15, 0.2) is 24.3 Å². The van der Waals surface area contributed by atoms with Crippen LogP contribution in [0, 0.1) is 0 Å². The SMILES string of the molecule is CC1CN(C(=O)C2Cc3ccccc3CN2)CC(C)O1.Cl. The Hall–Kier alpha value is -1.10. The number of benzene rings is 1. The van der Waals surface area contributed by atoms with Gasteiger partial charge in [-0.15, -0.1) is 12.4 Å². The first-order valence-electron chi connectivity index (χ1n) is 7.38. The number of morpholine rings is 1. The van der Waals surface area contributed by atoms with Crippen LogP contribution in [-0.2, 0) is 22.5 Å². The smallest absolute Gasteiger partial charge is 0.240 e. The van der Waals surface area contributed by atoms with Gasteiger partial charge < -0.3 is 15.0 Å². The van der Waals surface area contributed by atoms with Crippen LogP contribution in [-0.4, -0.2) is 42.1 Å². The molecule has 3 rings (SSSR count). The Morgan fingerprint density at radius 3 is 2.48 bits per heavy atom. The molecule has 4 nitrogen and oxygen atoms in total. The number of nitrogens with zero attached hydrogens (tertiary/aromatic N) is 1. The fourth-order valence-corrected chi connectivity index (χ4v) is 3.21. The predicted molar refractivity (Wildman–Crippen MR) is 84.6 cm³/mol. The fourth-order valence-electron chi connectivity index (χ4n) is 3.21. The molecule has 1 fully saturated rings. The van der Waals surface area contributed by atoms with Crippen molar-refractivity contribution in [3.8, 4) is 0 Å². The Labute approximate surface area is 132 Å². The lowest BCUT2D eigenvalue weighted by Crippen LogP contribution is -2.55. The second-order valence-corrected chi connectivity index (χ2v) is 5.91. The molecule has 0 radical (unpaired) electrons. The third-order valence-corrected chi connectivity index (χ3v) is 4.11. The van der Waals surface area contributed by atoms with Gasteiger partial charge in [-0.05, 0) is 31.4 Å². The summed E-state index contributed by atoms with van der Waals surface area (Å²) < 4.78 is 5.70. The van der Waals surface area contributed by atoms with E-state index in [1.165, 1.54) is 11.1 Å². The largest absolute Gasteiger partial charge is 0.372 e. The van der Waals surface area contributed by atoms with Gasteiger partial charge >= 0.3 is 0 Å². The third-order valence-electron chi connectivity index (χ3n) is 4.11. The lowest BCUT2D eigenvalue weighted by Gasteiger charge is -2.38. The lowest BCUT2D eigenvalue weighted by molar-refractivity contribution is -0.145. The van der Waals surface area contributed by atoms with Crippen molar-refractivity contribution in [1.82, 2.24) is 10.2 Å². The van der Waals surface area contributed by atoms with E-state index >= 15 is 0 Å². The number of carbonyl (C=O) groups is 1. The molecule has 1 amide bonds. The van der Waals surface area contributed by atoms with Gasteiger partial charge in [0.2, 0.25) is 5.91 Å². The molecule has 1 N–H and O–H groups in total. The van der Waals surface area contributed by atoms with Gasteiger partial charge in [0.15, 0.2) is 0 Å². The van der Waals surface area contributed by atoms with Crippen LogP contribution < -0.4 is 5.32 Å². The number of carbonyl (C=O) groups excluding carboxylic acids is 1. The van der Waals surface area contributed by atoms with Gasteiger partial charge in [0.25, 0.3) is 0 Å². The number of fused-ring (bicyclic) bond motifs is 1. The van der Waals surface area contributed by atoms with Gasteiger partial charge in [0, 0.05) is 19.6 Å². The topological polar surface area (TPSA) is 41.6 Å². The van der Waals surface area contributed by atoms with E-state index < -0.39 is 0 Å². The second kappa shape index (κ2) is 6.77.